The molecule has 0 aliphatic heterocycles. The van der Waals surface area contributed by atoms with Crippen molar-refractivity contribution in [3.05, 3.63) is 62.6 Å². The Morgan fingerprint density at radius 2 is 1.37 bits per heavy atom. The standard InChI is InChI=1S/C44H57Cl2NO7/c1-23(2)7-6-8-24(3)33-11-12-34-29-10-9-27-21-28(13-15-43(27,4)35(29)14-16-44(33,34)5)47-38(48)22-30(25-17-31(41(51)52)39(49)36(45)19-25)26-18-32(42(53)54)40(50)37(46)20-26/h17-20,22-24,27-29,33-35,49-50H,6-16,21H2,1-5H3,(H,47,48)(H,51,52)(H,53,54)/t24?,27-,28+,29?,33?,34?,35?,43-,44+/m0/s1. The average Bonchev–Trinajstić information content (AvgIpc) is 3.46. The summed E-state index contributed by atoms with van der Waals surface area (Å²) in [4.78, 5) is 37.8. The summed E-state index contributed by atoms with van der Waals surface area (Å²) in [6.07, 6.45) is 15.9. The Hall–Kier alpha value is -3.23. The van der Waals surface area contributed by atoms with Gasteiger partial charge in [-0.2, -0.15) is 0 Å². The van der Waals surface area contributed by atoms with Gasteiger partial charge in [0.25, 0.3) is 0 Å². The molecule has 0 spiro atoms. The minimum Gasteiger partial charge on any atom is -0.505 e. The smallest absolute Gasteiger partial charge is 0.339 e. The Balaban J connectivity index is 1.20. The Morgan fingerprint density at radius 3 is 1.94 bits per heavy atom. The van der Waals surface area contributed by atoms with Gasteiger partial charge in [-0.1, -0.05) is 77.1 Å². The summed E-state index contributed by atoms with van der Waals surface area (Å²) in [6.45, 7) is 12.3. The van der Waals surface area contributed by atoms with E-state index in [0.717, 1.165) is 48.9 Å². The molecule has 4 aliphatic rings. The van der Waals surface area contributed by atoms with Gasteiger partial charge in [-0.25, -0.2) is 9.59 Å². The Labute approximate surface area is 329 Å². The van der Waals surface area contributed by atoms with Gasteiger partial charge in [-0.15, -0.1) is 0 Å². The highest BCUT2D eigenvalue weighted by molar-refractivity contribution is 6.33. The maximum absolute atomic E-state index is 13.8. The van der Waals surface area contributed by atoms with Gasteiger partial charge in [0, 0.05) is 12.1 Å². The van der Waals surface area contributed by atoms with Crippen LogP contribution in [0.1, 0.15) is 144 Å². The van der Waals surface area contributed by atoms with Gasteiger partial charge in [-0.05, 0) is 151 Å². The molecule has 1 amide bonds. The molecule has 9 atom stereocenters. The molecule has 6 rings (SSSR count). The van der Waals surface area contributed by atoms with E-state index in [0.29, 0.717) is 17.3 Å². The summed E-state index contributed by atoms with van der Waals surface area (Å²) < 4.78 is 0. The van der Waals surface area contributed by atoms with E-state index < -0.39 is 40.5 Å². The highest BCUT2D eigenvalue weighted by atomic mass is 35.5. The molecule has 0 bridgehead atoms. The van der Waals surface area contributed by atoms with Crippen molar-refractivity contribution in [2.45, 2.75) is 118 Å². The molecule has 10 heteroatoms. The zero-order chi connectivity index (χ0) is 39.3. The van der Waals surface area contributed by atoms with E-state index in [4.69, 9.17) is 23.2 Å². The molecular formula is C44H57Cl2NO7. The molecule has 2 aromatic rings. The molecule has 2 aromatic carbocycles. The topological polar surface area (TPSA) is 144 Å². The number of phenols is 2. The van der Waals surface area contributed by atoms with Gasteiger partial charge in [0.1, 0.15) is 22.6 Å². The molecule has 0 saturated heterocycles. The maximum atomic E-state index is 13.8. The number of carbonyl (C=O) groups excluding carboxylic acids is 1. The van der Waals surface area contributed by atoms with Crippen LogP contribution in [0.25, 0.3) is 5.57 Å². The molecule has 5 unspecified atom stereocenters. The SMILES string of the molecule is CC(C)CCCC(C)C1CCC2C3CC[C@H]4C[C@H](NC(=O)C=C(c5cc(Cl)c(O)c(C(=O)O)c5)c5cc(Cl)c(O)c(C(=O)O)c5)CC[C@]4(C)C3CC[C@]12C. The monoisotopic (exact) mass is 781 g/mol. The van der Waals surface area contributed by atoms with E-state index >= 15 is 0 Å². The van der Waals surface area contributed by atoms with Crippen molar-refractivity contribution in [2.75, 3.05) is 0 Å². The van der Waals surface area contributed by atoms with Gasteiger partial charge >= 0.3 is 11.9 Å². The highest BCUT2D eigenvalue weighted by Gasteiger charge is 2.60. The van der Waals surface area contributed by atoms with E-state index in [1.54, 1.807) is 0 Å². The number of amides is 1. The summed E-state index contributed by atoms with van der Waals surface area (Å²) >= 11 is 12.5. The third kappa shape index (κ3) is 7.63. The molecule has 0 aromatic heterocycles. The predicted molar refractivity (Wildman–Crippen MR) is 212 cm³/mol. The van der Waals surface area contributed by atoms with Gasteiger partial charge < -0.3 is 25.7 Å². The normalized spacial score (nSPS) is 30.8. The summed E-state index contributed by atoms with van der Waals surface area (Å²) in [5, 5.41) is 42.8. The van der Waals surface area contributed by atoms with E-state index in [2.05, 4.69) is 39.9 Å². The number of hydrogen-bond donors (Lipinski definition) is 5. The zero-order valence-corrected chi connectivity index (χ0v) is 33.8. The molecular weight excluding hydrogens is 725 g/mol. The molecule has 294 valence electrons. The first-order valence-corrected chi connectivity index (χ1v) is 20.7. The third-order valence-electron chi connectivity index (χ3n) is 14.7. The lowest BCUT2D eigenvalue weighted by Gasteiger charge is -2.61. The molecule has 4 aliphatic carbocycles. The first-order valence-electron chi connectivity index (χ1n) is 20.0. The van der Waals surface area contributed by atoms with E-state index in [1.165, 1.54) is 88.1 Å². The fraction of sp³-hybridized carbons (Fsp3) is 0.614. The number of aromatic hydroxyl groups is 2. The van der Waals surface area contributed by atoms with Crippen LogP contribution < -0.4 is 5.32 Å². The van der Waals surface area contributed by atoms with Gasteiger partial charge in [0.05, 0.1) is 10.0 Å². The fourth-order valence-corrected chi connectivity index (χ4v) is 12.4. The van der Waals surface area contributed by atoms with Gasteiger partial charge in [-0.3, -0.25) is 4.79 Å². The van der Waals surface area contributed by atoms with Crippen molar-refractivity contribution in [1.82, 2.24) is 5.32 Å². The second kappa shape index (κ2) is 15.7. The summed E-state index contributed by atoms with van der Waals surface area (Å²) in [7, 11) is 0. The molecule has 0 radical (unpaired) electrons. The Kier molecular flexibility index (Phi) is 11.8. The molecule has 4 fully saturated rings. The molecule has 54 heavy (non-hydrogen) atoms. The lowest BCUT2D eigenvalue weighted by atomic mass is 9.44. The number of carboxylic acid groups (broad SMARTS) is 2. The first kappa shape index (κ1) is 40.4. The fourth-order valence-electron chi connectivity index (χ4n) is 12.0. The van der Waals surface area contributed by atoms with Crippen molar-refractivity contribution in [3.8, 4) is 11.5 Å². The number of halogens is 2. The minimum absolute atomic E-state index is 0.0583. The van der Waals surface area contributed by atoms with Crippen LogP contribution in [0.4, 0.5) is 0 Å². The number of hydrogen-bond acceptors (Lipinski definition) is 5. The van der Waals surface area contributed by atoms with Crippen molar-refractivity contribution in [2.24, 2.45) is 52.3 Å². The number of carbonyl (C=O) groups is 3. The molecule has 8 nitrogen and oxygen atoms in total. The van der Waals surface area contributed by atoms with Crippen LogP contribution >= 0.6 is 23.2 Å². The molecule has 4 saturated carbocycles. The van der Waals surface area contributed by atoms with E-state index in [-0.39, 0.29) is 38.2 Å². The van der Waals surface area contributed by atoms with Crippen LogP contribution in [0.3, 0.4) is 0 Å². The van der Waals surface area contributed by atoms with Crippen LogP contribution in [-0.4, -0.2) is 44.3 Å². The average molecular weight is 783 g/mol. The van der Waals surface area contributed by atoms with Crippen LogP contribution in [0.2, 0.25) is 10.0 Å². The van der Waals surface area contributed by atoms with Crippen LogP contribution in [-0.2, 0) is 4.79 Å². The van der Waals surface area contributed by atoms with E-state index in [1.807, 2.05) is 0 Å². The summed E-state index contributed by atoms with van der Waals surface area (Å²) in [6, 6.07) is 4.90. The van der Waals surface area contributed by atoms with Crippen molar-refractivity contribution in [3.63, 3.8) is 0 Å². The molecule has 0 heterocycles. The molecule has 5 N–H and O–H groups in total. The number of nitrogens with one attached hydrogen (secondary N) is 1. The summed E-state index contributed by atoms with van der Waals surface area (Å²) in [5.74, 6) is 0.606. The van der Waals surface area contributed by atoms with Crippen molar-refractivity contribution in [1.29, 1.82) is 0 Å². The van der Waals surface area contributed by atoms with Gasteiger partial charge in [0.2, 0.25) is 5.91 Å². The number of carboxylic acids is 2. The number of fused-ring (bicyclic) bond motifs is 5. The van der Waals surface area contributed by atoms with Crippen LogP contribution in [0.5, 0.6) is 11.5 Å². The lowest BCUT2D eigenvalue weighted by molar-refractivity contribution is -0.125. The maximum Gasteiger partial charge on any atom is 0.339 e. The van der Waals surface area contributed by atoms with Crippen molar-refractivity contribution < 1.29 is 34.8 Å². The zero-order valence-electron chi connectivity index (χ0n) is 32.3. The van der Waals surface area contributed by atoms with Gasteiger partial charge in [0.15, 0.2) is 0 Å². The van der Waals surface area contributed by atoms with Crippen LogP contribution in [0, 0.1) is 52.3 Å². The second-order valence-corrected chi connectivity index (χ2v) is 18.9. The quantitative estimate of drug-likeness (QED) is 0.143. The Morgan fingerprint density at radius 1 is 0.796 bits per heavy atom. The first-order chi connectivity index (χ1) is 25.4. The van der Waals surface area contributed by atoms with Crippen molar-refractivity contribution >= 4 is 46.6 Å². The minimum atomic E-state index is -1.43. The predicted octanol–water partition coefficient (Wildman–Crippen LogP) is 10.8. The van der Waals surface area contributed by atoms with Crippen LogP contribution in [0.15, 0.2) is 30.3 Å². The number of benzene rings is 2. The Bertz CT molecular complexity index is 1750. The van der Waals surface area contributed by atoms with E-state index in [9.17, 15) is 34.8 Å². The second-order valence-electron chi connectivity index (χ2n) is 18.0. The summed E-state index contributed by atoms with van der Waals surface area (Å²) in [5.41, 5.74) is 0.152. The third-order valence-corrected chi connectivity index (χ3v) is 15.3. The highest BCUT2D eigenvalue weighted by Crippen LogP contribution is 2.68. The number of aromatic carboxylic acids is 2. The number of rotatable bonds is 11. The lowest BCUT2D eigenvalue weighted by Crippen LogP contribution is -2.55. The largest absolute Gasteiger partial charge is 0.505 e.